The van der Waals surface area contributed by atoms with Crippen LogP contribution < -0.4 is 10.0 Å². The molecule has 8 heteroatoms. The maximum absolute atomic E-state index is 11.7. The van der Waals surface area contributed by atoms with Gasteiger partial charge >= 0.3 is 5.97 Å². The van der Waals surface area contributed by atoms with Crippen molar-refractivity contribution in [2.75, 3.05) is 24.1 Å². The van der Waals surface area contributed by atoms with E-state index in [-0.39, 0.29) is 17.8 Å². The Kier molecular flexibility index (Phi) is 5.75. The molecule has 0 heterocycles. The number of terminal acetylenes is 1. The quantitative estimate of drug-likeness (QED) is 0.567. The lowest BCUT2D eigenvalue weighted by molar-refractivity contribution is -0.123. The Morgan fingerprint density at radius 2 is 2.10 bits per heavy atom. The van der Waals surface area contributed by atoms with E-state index in [1.165, 1.54) is 24.3 Å². The molecule has 7 nitrogen and oxygen atoms in total. The Labute approximate surface area is 122 Å². The van der Waals surface area contributed by atoms with Gasteiger partial charge in [-0.3, -0.25) is 9.52 Å². The molecular formula is C13H14N2O5S. The topological polar surface area (TPSA) is 102 Å². The van der Waals surface area contributed by atoms with Gasteiger partial charge in [0.15, 0.2) is 6.61 Å². The molecule has 21 heavy (non-hydrogen) atoms. The first-order valence-corrected chi connectivity index (χ1v) is 7.66. The Hall–Kier alpha value is -2.53. The van der Waals surface area contributed by atoms with Crippen molar-refractivity contribution in [3.8, 4) is 12.3 Å². The number of hydrogen-bond acceptors (Lipinski definition) is 5. The van der Waals surface area contributed by atoms with Crippen LogP contribution in [-0.2, 0) is 19.6 Å². The van der Waals surface area contributed by atoms with Crippen LogP contribution in [0.1, 0.15) is 10.4 Å². The summed E-state index contributed by atoms with van der Waals surface area (Å²) in [4.78, 5) is 22.9. The van der Waals surface area contributed by atoms with Crippen molar-refractivity contribution in [3.63, 3.8) is 0 Å². The standard InChI is InChI=1S/C13H14N2O5S/c1-3-7-14-12(16)9-20-13(17)10-5-4-6-11(8-10)15-21(2,18)19/h1,4-6,8,15H,7,9H2,2H3,(H,14,16). The maximum atomic E-state index is 11.7. The summed E-state index contributed by atoms with van der Waals surface area (Å²) in [6.07, 6.45) is 5.96. The van der Waals surface area contributed by atoms with Crippen LogP contribution in [0.3, 0.4) is 0 Å². The monoisotopic (exact) mass is 310 g/mol. The lowest BCUT2D eigenvalue weighted by Crippen LogP contribution is -2.29. The van der Waals surface area contributed by atoms with Crippen LogP contribution in [0.25, 0.3) is 0 Å². The van der Waals surface area contributed by atoms with Crippen LogP contribution >= 0.6 is 0 Å². The van der Waals surface area contributed by atoms with Crippen molar-refractivity contribution in [1.82, 2.24) is 5.32 Å². The second-order valence-electron chi connectivity index (χ2n) is 4.01. The predicted octanol–water partition coefficient (Wildman–Crippen LogP) is -0.0357. The van der Waals surface area contributed by atoms with Gasteiger partial charge in [0.1, 0.15) is 0 Å². The van der Waals surface area contributed by atoms with Crippen LogP contribution in [0.15, 0.2) is 24.3 Å². The highest BCUT2D eigenvalue weighted by Crippen LogP contribution is 2.12. The van der Waals surface area contributed by atoms with Crippen LogP contribution in [0, 0.1) is 12.3 Å². The predicted molar refractivity (Wildman–Crippen MR) is 77.0 cm³/mol. The third-order valence-electron chi connectivity index (χ3n) is 2.12. The number of ether oxygens (including phenoxy) is 1. The molecular weight excluding hydrogens is 296 g/mol. The molecule has 0 fully saturated rings. The summed E-state index contributed by atoms with van der Waals surface area (Å²) >= 11 is 0. The molecule has 0 radical (unpaired) electrons. The van der Waals surface area contributed by atoms with Gasteiger partial charge in [0.25, 0.3) is 5.91 Å². The Morgan fingerprint density at radius 3 is 2.71 bits per heavy atom. The number of amides is 1. The fraction of sp³-hybridized carbons (Fsp3) is 0.231. The molecule has 0 aliphatic rings. The van der Waals surface area contributed by atoms with E-state index in [0.29, 0.717) is 0 Å². The summed E-state index contributed by atoms with van der Waals surface area (Å²) in [5.74, 6) is 0.941. The van der Waals surface area contributed by atoms with Gasteiger partial charge in [-0.2, -0.15) is 0 Å². The number of hydrogen-bond donors (Lipinski definition) is 2. The van der Waals surface area contributed by atoms with Gasteiger partial charge in [0.05, 0.1) is 18.4 Å². The number of benzene rings is 1. The lowest BCUT2D eigenvalue weighted by Gasteiger charge is -2.07. The molecule has 0 saturated carbocycles. The number of anilines is 1. The first-order chi connectivity index (χ1) is 9.81. The summed E-state index contributed by atoms with van der Waals surface area (Å²) in [7, 11) is -3.44. The summed E-state index contributed by atoms with van der Waals surface area (Å²) in [6.45, 7) is -0.422. The number of sulfonamides is 1. The van der Waals surface area contributed by atoms with Crippen molar-refractivity contribution in [2.45, 2.75) is 0 Å². The summed E-state index contributed by atoms with van der Waals surface area (Å²) < 4.78 is 29.2. The zero-order valence-electron chi connectivity index (χ0n) is 11.3. The molecule has 1 amide bonds. The van der Waals surface area contributed by atoms with Gasteiger partial charge in [-0.15, -0.1) is 6.42 Å². The van der Waals surface area contributed by atoms with Gasteiger partial charge < -0.3 is 10.1 Å². The Morgan fingerprint density at radius 1 is 1.38 bits per heavy atom. The van der Waals surface area contributed by atoms with Crippen molar-refractivity contribution in [1.29, 1.82) is 0 Å². The summed E-state index contributed by atoms with van der Waals surface area (Å²) in [5, 5.41) is 2.34. The minimum absolute atomic E-state index is 0.0458. The van der Waals surface area contributed by atoms with E-state index < -0.39 is 28.5 Å². The number of carbonyl (C=O) groups excluding carboxylic acids is 2. The van der Waals surface area contributed by atoms with Crippen molar-refractivity contribution in [3.05, 3.63) is 29.8 Å². The first kappa shape index (κ1) is 16.5. The van der Waals surface area contributed by atoms with Gasteiger partial charge in [-0.1, -0.05) is 12.0 Å². The van der Waals surface area contributed by atoms with E-state index >= 15 is 0 Å². The molecule has 0 aliphatic heterocycles. The van der Waals surface area contributed by atoms with Gasteiger partial charge in [0, 0.05) is 5.69 Å². The fourth-order valence-corrected chi connectivity index (χ4v) is 1.89. The molecule has 1 rings (SSSR count). The molecule has 0 aliphatic carbocycles. The average Bonchev–Trinajstić information content (AvgIpc) is 2.40. The van der Waals surface area contributed by atoms with E-state index in [1.54, 1.807) is 0 Å². The molecule has 0 atom stereocenters. The smallest absolute Gasteiger partial charge is 0.338 e. The number of nitrogens with one attached hydrogen (secondary N) is 2. The van der Waals surface area contributed by atoms with Crippen LogP contribution in [0.5, 0.6) is 0 Å². The van der Waals surface area contributed by atoms with Crippen LogP contribution in [0.4, 0.5) is 5.69 Å². The molecule has 2 N–H and O–H groups in total. The normalized spacial score (nSPS) is 10.3. The van der Waals surface area contributed by atoms with Crippen LogP contribution in [-0.4, -0.2) is 39.7 Å². The van der Waals surface area contributed by atoms with Gasteiger partial charge in [0.2, 0.25) is 10.0 Å². The molecule has 0 bridgehead atoms. The van der Waals surface area contributed by atoms with Gasteiger partial charge in [-0.25, -0.2) is 13.2 Å². The fourth-order valence-electron chi connectivity index (χ4n) is 1.34. The van der Waals surface area contributed by atoms with Crippen molar-refractivity contribution < 1.29 is 22.7 Å². The highest BCUT2D eigenvalue weighted by molar-refractivity contribution is 7.92. The molecule has 0 aromatic heterocycles. The zero-order valence-corrected chi connectivity index (χ0v) is 12.1. The third-order valence-corrected chi connectivity index (χ3v) is 2.73. The van der Waals surface area contributed by atoms with E-state index in [4.69, 9.17) is 11.2 Å². The molecule has 0 unspecified atom stereocenters. The highest BCUT2D eigenvalue weighted by Gasteiger charge is 2.11. The molecule has 1 aromatic carbocycles. The Balaban J connectivity index is 2.65. The highest BCUT2D eigenvalue weighted by atomic mass is 32.2. The minimum atomic E-state index is -3.44. The van der Waals surface area contributed by atoms with Crippen LogP contribution in [0.2, 0.25) is 0 Å². The lowest BCUT2D eigenvalue weighted by atomic mass is 10.2. The molecule has 0 spiro atoms. The minimum Gasteiger partial charge on any atom is -0.452 e. The largest absolute Gasteiger partial charge is 0.452 e. The first-order valence-electron chi connectivity index (χ1n) is 5.77. The summed E-state index contributed by atoms with van der Waals surface area (Å²) in [5.41, 5.74) is 0.345. The molecule has 1 aromatic rings. The number of rotatable bonds is 6. The molecule has 112 valence electrons. The second-order valence-corrected chi connectivity index (χ2v) is 5.76. The van der Waals surface area contributed by atoms with E-state index in [1.807, 2.05) is 0 Å². The van der Waals surface area contributed by atoms with Crippen molar-refractivity contribution in [2.24, 2.45) is 0 Å². The average molecular weight is 310 g/mol. The van der Waals surface area contributed by atoms with E-state index in [0.717, 1.165) is 6.26 Å². The number of carbonyl (C=O) groups is 2. The van der Waals surface area contributed by atoms with Gasteiger partial charge in [-0.05, 0) is 18.2 Å². The Bertz CT molecular complexity index is 676. The molecule has 0 saturated heterocycles. The van der Waals surface area contributed by atoms with Crippen molar-refractivity contribution >= 4 is 27.6 Å². The maximum Gasteiger partial charge on any atom is 0.338 e. The third kappa shape index (κ3) is 6.44. The summed E-state index contributed by atoms with van der Waals surface area (Å²) in [6, 6.07) is 5.72. The SMILES string of the molecule is C#CCNC(=O)COC(=O)c1cccc(NS(C)(=O)=O)c1. The number of esters is 1. The van der Waals surface area contributed by atoms with E-state index in [2.05, 4.69) is 16.0 Å². The van der Waals surface area contributed by atoms with E-state index in [9.17, 15) is 18.0 Å². The zero-order chi connectivity index (χ0) is 15.9. The second kappa shape index (κ2) is 7.31.